The molecular formula is C18H17Cl2NO. The van der Waals surface area contributed by atoms with Crippen LogP contribution in [0.3, 0.4) is 0 Å². The molecule has 22 heavy (non-hydrogen) atoms. The van der Waals surface area contributed by atoms with E-state index in [-0.39, 0.29) is 23.3 Å². The first-order valence-electron chi connectivity index (χ1n) is 7.22. The second-order valence-corrected chi connectivity index (χ2v) is 7.13. The summed E-state index contributed by atoms with van der Waals surface area (Å²) in [4.78, 5) is 12.4. The zero-order valence-electron chi connectivity index (χ0n) is 12.4. The number of benzene rings is 2. The van der Waals surface area contributed by atoms with E-state index in [1.807, 2.05) is 36.4 Å². The average Bonchev–Trinajstić information content (AvgIpc) is 3.01. The van der Waals surface area contributed by atoms with Crippen molar-refractivity contribution in [3.8, 4) is 0 Å². The molecule has 0 heterocycles. The molecule has 1 aliphatic rings. The standard InChI is InChI=1S/C18H17Cl2NO/c1-18(2)15(11-7-9-12(19)10-8-11)16(18)21-17(22)13-5-3-4-6-14(13)20/h3-10,15-16H,1-2H3,(H,21,22)/t15-,16-/m0/s1. The number of hydrogen-bond acceptors (Lipinski definition) is 1. The van der Waals surface area contributed by atoms with Crippen molar-refractivity contribution in [3.05, 3.63) is 69.7 Å². The average molecular weight is 334 g/mol. The molecule has 0 saturated heterocycles. The van der Waals surface area contributed by atoms with Gasteiger partial charge in [-0.25, -0.2) is 0 Å². The van der Waals surface area contributed by atoms with E-state index in [0.717, 1.165) is 5.02 Å². The lowest BCUT2D eigenvalue weighted by atomic mass is 10.0. The Morgan fingerprint density at radius 2 is 1.68 bits per heavy atom. The molecular weight excluding hydrogens is 317 g/mol. The molecule has 2 atom stereocenters. The number of nitrogens with one attached hydrogen (secondary N) is 1. The van der Waals surface area contributed by atoms with Crippen LogP contribution < -0.4 is 5.32 Å². The zero-order valence-corrected chi connectivity index (χ0v) is 13.9. The second kappa shape index (κ2) is 5.60. The van der Waals surface area contributed by atoms with Crippen molar-refractivity contribution >= 4 is 29.1 Å². The SMILES string of the molecule is CC1(C)[C@@H](NC(=O)c2ccccc2Cl)[C@@H]1c1ccc(Cl)cc1. The summed E-state index contributed by atoms with van der Waals surface area (Å²) in [5.41, 5.74) is 1.73. The molecule has 0 radical (unpaired) electrons. The molecule has 2 nitrogen and oxygen atoms in total. The van der Waals surface area contributed by atoms with E-state index in [2.05, 4.69) is 19.2 Å². The van der Waals surface area contributed by atoms with Crippen LogP contribution in [-0.4, -0.2) is 11.9 Å². The van der Waals surface area contributed by atoms with Gasteiger partial charge in [0.1, 0.15) is 0 Å². The first kappa shape index (κ1) is 15.4. The van der Waals surface area contributed by atoms with Crippen LogP contribution >= 0.6 is 23.2 Å². The minimum atomic E-state index is -0.125. The Hall–Kier alpha value is -1.51. The Morgan fingerprint density at radius 1 is 1.05 bits per heavy atom. The van der Waals surface area contributed by atoms with E-state index in [4.69, 9.17) is 23.2 Å². The quantitative estimate of drug-likeness (QED) is 0.848. The Balaban J connectivity index is 1.77. The minimum absolute atomic E-state index is 0.0186. The summed E-state index contributed by atoms with van der Waals surface area (Å²) in [7, 11) is 0. The summed E-state index contributed by atoms with van der Waals surface area (Å²) >= 11 is 12.0. The lowest BCUT2D eigenvalue weighted by Crippen LogP contribution is -2.29. The van der Waals surface area contributed by atoms with Crippen molar-refractivity contribution in [1.82, 2.24) is 5.32 Å². The van der Waals surface area contributed by atoms with Gasteiger partial charge in [-0.2, -0.15) is 0 Å². The fourth-order valence-corrected chi connectivity index (χ4v) is 3.41. The lowest BCUT2D eigenvalue weighted by Gasteiger charge is -2.07. The molecule has 1 amide bonds. The highest BCUT2D eigenvalue weighted by Crippen LogP contribution is 2.58. The van der Waals surface area contributed by atoms with Crippen molar-refractivity contribution in [1.29, 1.82) is 0 Å². The Bertz CT molecular complexity index is 709. The predicted octanol–water partition coefficient (Wildman–Crippen LogP) is 4.92. The fourth-order valence-electron chi connectivity index (χ4n) is 3.06. The van der Waals surface area contributed by atoms with Crippen molar-refractivity contribution in [3.63, 3.8) is 0 Å². The second-order valence-electron chi connectivity index (χ2n) is 6.28. The van der Waals surface area contributed by atoms with Gasteiger partial charge in [-0.15, -0.1) is 0 Å². The molecule has 1 N–H and O–H groups in total. The highest BCUT2D eigenvalue weighted by atomic mass is 35.5. The summed E-state index contributed by atoms with van der Waals surface area (Å²) in [5, 5.41) is 4.30. The molecule has 0 spiro atoms. The van der Waals surface area contributed by atoms with Crippen LogP contribution in [0.5, 0.6) is 0 Å². The highest BCUT2D eigenvalue weighted by Gasteiger charge is 2.59. The van der Waals surface area contributed by atoms with Gasteiger partial charge >= 0.3 is 0 Å². The number of carbonyl (C=O) groups is 1. The third kappa shape index (κ3) is 2.73. The molecule has 1 aliphatic carbocycles. The van der Waals surface area contributed by atoms with Gasteiger partial charge in [-0.1, -0.05) is 61.3 Å². The fraction of sp³-hybridized carbons (Fsp3) is 0.278. The molecule has 0 aliphatic heterocycles. The molecule has 1 fully saturated rings. The normalized spacial score (nSPS) is 22.2. The van der Waals surface area contributed by atoms with Crippen LogP contribution in [0.4, 0.5) is 0 Å². The zero-order chi connectivity index (χ0) is 15.9. The molecule has 114 valence electrons. The van der Waals surface area contributed by atoms with Crippen LogP contribution in [0, 0.1) is 5.41 Å². The van der Waals surface area contributed by atoms with Crippen LogP contribution in [-0.2, 0) is 0 Å². The van der Waals surface area contributed by atoms with Gasteiger partial charge in [0.05, 0.1) is 10.6 Å². The number of hydrogen-bond donors (Lipinski definition) is 1. The van der Waals surface area contributed by atoms with Crippen LogP contribution in [0.2, 0.25) is 10.0 Å². The molecule has 0 bridgehead atoms. The highest BCUT2D eigenvalue weighted by molar-refractivity contribution is 6.33. The first-order valence-corrected chi connectivity index (χ1v) is 7.97. The van der Waals surface area contributed by atoms with Gasteiger partial charge in [0, 0.05) is 17.0 Å². The monoisotopic (exact) mass is 333 g/mol. The molecule has 1 saturated carbocycles. The third-order valence-electron chi connectivity index (χ3n) is 4.46. The van der Waals surface area contributed by atoms with Gasteiger partial charge in [0.25, 0.3) is 5.91 Å². The molecule has 2 aromatic rings. The number of carbonyl (C=O) groups excluding carboxylic acids is 1. The topological polar surface area (TPSA) is 29.1 Å². The first-order chi connectivity index (χ1) is 10.4. The Morgan fingerprint density at radius 3 is 2.32 bits per heavy atom. The van der Waals surface area contributed by atoms with Gasteiger partial charge in [-0.3, -0.25) is 4.79 Å². The maximum atomic E-state index is 12.4. The largest absolute Gasteiger partial charge is 0.348 e. The minimum Gasteiger partial charge on any atom is -0.348 e. The van der Waals surface area contributed by atoms with Crippen molar-refractivity contribution in [2.75, 3.05) is 0 Å². The third-order valence-corrected chi connectivity index (χ3v) is 5.04. The molecule has 0 unspecified atom stereocenters. The van der Waals surface area contributed by atoms with Gasteiger partial charge in [0.15, 0.2) is 0 Å². The van der Waals surface area contributed by atoms with Crippen LogP contribution in [0.25, 0.3) is 0 Å². The lowest BCUT2D eigenvalue weighted by molar-refractivity contribution is 0.0946. The Labute approximate surface area is 140 Å². The summed E-state index contributed by atoms with van der Waals surface area (Å²) in [6.45, 7) is 4.31. The summed E-state index contributed by atoms with van der Waals surface area (Å²) in [6, 6.07) is 15.0. The maximum absolute atomic E-state index is 12.4. The summed E-state index contributed by atoms with van der Waals surface area (Å²) < 4.78 is 0. The van der Waals surface area contributed by atoms with Crippen molar-refractivity contribution in [2.45, 2.75) is 25.8 Å². The van der Waals surface area contributed by atoms with Crippen molar-refractivity contribution in [2.24, 2.45) is 5.41 Å². The maximum Gasteiger partial charge on any atom is 0.253 e. The van der Waals surface area contributed by atoms with Crippen molar-refractivity contribution < 1.29 is 4.79 Å². The van der Waals surface area contributed by atoms with E-state index in [9.17, 15) is 4.79 Å². The van der Waals surface area contributed by atoms with E-state index in [1.165, 1.54) is 5.56 Å². The van der Waals surface area contributed by atoms with Crippen LogP contribution in [0.15, 0.2) is 48.5 Å². The Kier molecular flexibility index (Phi) is 3.92. The van der Waals surface area contributed by atoms with E-state index in [1.54, 1.807) is 12.1 Å². The van der Waals surface area contributed by atoms with Crippen LogP contribution in [0.1, 0.15) is 35.7 Å². The van der Waals surface area contributed by atoms with E-state index in [0.29, 0.717) is 10.6 Å². The van der Waals surface area contributed by atoms with Gasteiger partial charge in [0.2, 0.25) is 0 Å². The number of halogens is 2. The van der Waals surface area contributed by atoms with Gasteiger partial charge in [-0.05, 0) is 35.2 Å². The summed E-state index contributed by atoms with van der Waals surface area (Å²) in [5.74, 6) is 0.163. The molecule has 4 heteroatoms. The molecule has 2 aromatic carbocycles. The van der Waals surface area contributed by atoms with E-state index >= 15 is 0 Å². The predicted molar refractivity (Wildman–Crippen MR) is 90.7 cm³/mol. The van der Waals surface area contributed by atoms with E-state index < -0.39 is 0 Å². The smallest absolute Gasteiger partial charge is 0.253 e. The molecule has 3 rings (SSSR count). The molecule has 0 aromatic heterocycles. The van der Waals surface area contributed by atoms with Gasteiger partial charge < -0.3 is 5.32 Å². The summed E-state index contributed by atoms with van der Waals surface area (Å²) in [6.07, 6.45) is 0. The number of amides is 1. The number of rotatable bonds is 3.